The Hall–Kier alpha value is -1.20. The minimum absolute atomic E-state index is 0.107. The van der Waals surface area contributed by atoms with Gasteiger partial charge in [0.25, 0.3) is 0 Å². The third-order valence-corrected chi connectivity index (χ3v) is 5.23. The minimum atomic E-state index is -4.48. The van der Waals surface area contributed by atoms with Gasteiger partial charge in [0, 0.05) is 20.2 Å². The van der Waals surface area contributed by atoms with E-state index in [-0.39, 0.29) is 19.1 Å². The van der Waals surface area contributed by atoms with Crippen molar-refractivity contribution in [3.63, 3.8) is 0 Å². The Balaban J connectivity index is 1.96. The highest BCUT2D eigenvalue weighted by Gasteiger charge is 2.36. The molecule has 2 heterocycles. The lowest BCUT2D eigenvalue weighted by Crippen LogP contribution is -2.33. The fraction of sp³-hybridized carbons (Fsp3) is 0.818. The highest BCUT2D eigenvalue weighted by molar-refractivity contribution is 7.89. The summed E-state index contributed by atoms with van der Waals surface area (Å²) in [6.07, 6.45) is -3.67. The van der Waals surface area contributed by atoms with Crippen molar-refractivity contribution in [3.8, 4) is 0 Å². The van der Waals surface area contributed by atoms with Crippen molar-refractivity contribution in [2.45, 2.75) is 31.7 Å². The number of aromatic nitrogens is 3. The maximum Gasteiger partial charge on any atom is 0.390 e. The van der Waals surface area contributed by atoms with E-state index < -0.39 is 28.4 Å². The maximum absolute atomic E-state index is 12.2. The third kappa shape index (κ3) is 4.40. The van der Waals surface area contributed by atoms with Crippen molar-refractivity contribution in [2.24, 2.45) is 0 Å². The Labute approximate surface area is 126 Å². The zero-order valence-corrected chi connectivity index (χ0v) is 12.8. The quantitative estimate of drug-likeness (QED) is 0.769. The van der Waals surface area contributed by atoms with Gasteiger partial charge in [0.05, 0.1) is 31.0 Å². The fourth-order valence-electron chi connectivity index (χ4n) is 2.26. The lowest BCUT2D eigenvalue weighted by molar-refractivity contribution is -0.130. The molecule has 126 valence electrons. The first-order chi connectivity index (χ1) is 10.2. The van der Waals surface area contributed by atoms with Crippen molar-refractivity contribution < 1.29 is 26.3 Å². The molecule has 0 N–H and O–H groups in total. The van der Waals surface area contributed by atoms with Crippen LogP contribution in [-0.2, 0) is 21.4 Å². The van der Waals surface area contributed by atoms with E-state index in [1.807, 2.05) is 0 Å². The number of hydrogen-bond acceptors (Lipinski definition) is 5. The van der Waals surface area contributed by atoms with Crippen LogP contribution in [0.25, 0.3) is 0 Å². The summed E-state index contributed by atoms with van der Waals surface area (Å²) < 4.78 is 67.9. The molecule has 0 radical (unpaired) electrons. The number of hydrogen-bond donors (Lipinski definition) is 0. The zero-order chi connectivity index (χ0) is 16.4. The summed E-state index contributed by atoms with van der Waals surface area (Å²) in [5.41, 5.74) is 0.612. The monoisotopic (exact) mass is 342 g/mol. The predicted octanol–water partition coefficient (Wildman–Crippen LogP) is 0.954. The average Bonchev–Trinajstić information content (AvgIpc) is 3.04. The summed E-state index contributed by atoms with van der Waals surface area (Å²) in [7, 11) is -2.39. The summed E-state index contributed by atoms with van der Waals surface area (Å²) in [4.78, 5) is 0. The number of alkyl halides is 3. The van der Waals surface area contributed by atoms with Crippen LogP contribution < -0.4 is 0 Å². The van der Waals surface area contributed by atoms with Crippen LogP contribution in [0.1, 0.15) is 24.6 Å². The van der Waals surface area contributed by atoms with Crippen LogP contribution in [0.5, 0.6) is 0 Å². The Morgan fingerprint density at radius 2 is 2.18 bits per heavy atom. The molecule has 1 aliphatic rings. The van der Waals surface area contributed by atoms with Crippen LogP contribution in [0, 0.1) is 0 Å². The maximum atomic E-state index is 12.2. The molecule has 1 unspecified atom stereocenters. The highest BCUT2D eigenvalue weighted by atomic mass is 32.2. The molecule has 1 fully saturated rings. The van der Waals surface area contributed by atoms with Gasteiger partial charge in [-0.3, -0.25) is 0 Å². The van der Waals surface area contributed by atoms with E-state index >= 15 is 0 Å². The van der Waals surface area contributed by atoms with Gasteiger partial charge in [-0.15, -0.1) is 5.10 Å². The van der Waals surface area contributed by atoms with Gasteiger partial charge in [0.1, 0.15) is 5.69 Å². The summed E-state index contributed by atoms with van der Waals surface area (Å²) in [5.74, 6) is -0.921. The van der Waals surface area contributed by atoms with Gasteiger partial charge in [-0.05, 0) is 6.42 Å². The first-order valence-corrected chi connectivity index (χ1v) is 8.26. The van der Waals surface area contributed by atoms with Gasteiger partial charge in [0.2, 0.25) is 10.0 Å². The largest absolute Gasteiger partial charge is 0.390 e. The summed E-state index contributed by atoms with van der Waals surface area (Å²) >= 11 is 0. The van der Waals surface area contributed by atoms with E-state index in [1.165, 1.54) is 11.8 Å². The molecule has 1 aliphatic heterocycles. The van der Waals surface area contributed by atoms with Crippen LogP contribution in [0.2, 0.25) is 0 Å². The van der Waals surface area contributed by atoms with E-state index in [4.69, 9.17) is 4.74 Å². The number of methoxy groups -OCH3 is 1. The van der Waals surface area contributed by atoms with Crippen molar-refractivity contribution in [1.29, 1.82) is 0 Å². The summed E-state index contributed by atoms with van der Waals surface area (Å²) in [6.45, 7) is 0.584. The Kier molecular flexibility index (Phi) is 5.07. The van der Waals surface area contributed by atoms with Gasteiger partial charge < -0.3 is 4.74 Å². The van der Waals surface area contributed by atoms with Crippen molar-refractivity contribution >= 4 is 10.0 Å². The molecule has 0 aliphatic carbocycles. The minimum Gasteiger partial charge on any atom is -0.378 e. The first-order valence-electron chi connectivity index (χ1n) is 6.65. The van der Waals surface area contributed by atoms with Crippen molar-refractivity contribution in [2.75, 3.05) is 26.0 Å². The van der Waals surface area contributed by atoms with Gasteiger partial charge in [-0.2, -0.15) is 17.5 Å². The van der Waals surface area contributed by atoms with Gasteiger partial charge in [-0.25, -0.2) is 13.1 Å². The second-order valence-electron chi connectivity index (χ2n) is 5.10. The normalized spacial score (nSPS) is 20.6. The molecule has 0 aromatic carbocycles. The molecule has 0 bridgehead atoms. The Bertz CT molecular complexity index is 602. The van der Waals surface area contributed by atoms with Crippen molar-refractivity contribution in [1.82, 2.24) is 19.3 Å². The molecule has 11 heteroatoms. The van der Waals surface area contributed by atoms with Crippen LogP contribution in [0.15, 0.2) is 6.20 Å². The van der Waals surface area contributed by atoms with E-state index in [2.05, 4.69) is 10.3 Å². The van der Waals surface area contributed by atoms with E-state index in [0.717, 1.165) is 4.31 Å². The predicted molar refractivity (Wildman–Crippen MR) is 70.4 cm³/mol. The van der Waals surface area contributed by atoms with Crippen molar-refractivity contribution in [3.05, 3.63) is 11.9 Å². The highest BCUT2D eigenvalue weighted by Crippen LogP contribution is 2.26. The topological polar surface area (TPSA) is 77.3 Å². The Morgan fingerprint density at radius 3 is 2.82 bits per heavy atom. The molecule has 1 aromatic rings. The third-order valence-electron chi connectivity index (χ3n) is 3.39. The molecule has 0 spiro atoms. The molecule has 1 saturated heterocycles. The number of ether oxygens (including phenoxy) is 1. The molecule has 2 rings (SSSR count). The van der Waals surface area contributed by atoms with Crippen LogP contribution >= 0.6 is 0 Å². The standard InChI is InChI=1S/C11H17F3N4O3S/c1-21-8-9-6-18(16-15-9)10-2-4-17(7-10)22(19,20)5-3-11(12,13)14/h6,10H,2-5,7-8H2,1H3. The van der Waals surface area contributed by atoms with Crippen LogP contribution in [-0.4, -0.2) is 59.8 Å². The van der Waals surface area contributed by atoms with Gasteiger partial charge >= 0.3 is 6.18 Å². The molecular formula is C11H17F3N4O3S. The number of sulfonamides is 1. The van der Waals surface area contributed by atoms with Crippen LogP contribution in [0.4, 0.5) is 13.2 Å². The number of rotatable bonds is 6. The second kappa shape index (κ2) is 6.50. The molecule has 0 saturated carbocycles. The van der Waals surface area contributed by atoms with Gasteiger partial charge in [0.15, 0.2) is 0 Å². The lowest BCUT2D eigenvalue weighted by Gasteiger charge is -2.17. The molecular weight excluding hydrogens is 325 g/mol. The number of halogens is 3. The molecule has 0 amide bonds. The molecule has 1 aromatic heterocycles. The zero-order valence-electron chi connectivity index (χ0n) is 12.0. The van der Waals surface area contributed by atoms with E-state index in [0.29, 0.717) is 18.7 Å². The molecule has 22 heavy (non-hydrogen) atoms. The molecule has 7 nitrogen and oxygen atoms in total. The Morgan fingerprint density at radius 1 is 1.45 bits per heavy atom. The lowest BCUT2D eigenvalue weighted by atomic mass is 10.3. The first kappa shape index (κ1) is 17.2. The van der Waals surface area contributed by atoms with Gasteiger partial charge in [-0.1, -0.05) is 5.21 Å². The second-order valence-corrected chi connectivity index (χ2v) is 7.19. The van der Waals surface area contributed by atoms with E-state index in [9.17, 15) is 21.6 Å². The number of nitrogens with zero attached hydrogens (tertiary/aromatic N) is 4. The summed E-state index contributed by atoms with van der Waals surface area (Å²) in [6, 6.07) is -0.223. The molecule has 1 atom stereocenters. The average molecular weight is 342 g/mol. The SMILES string of the molecule is COCc1cn(C2CCN(S(=O)(=O)CCC(F)(F)F)C2)nn1. The van der Waals surface area contributed by atoms with Crippen LogP contribution in [0.3, 0.4) is 0 Å². The smallest absolute Gasteiger partial charge is 0.378 e. The fourth-order valence-corrected chi connectivity index (χ4v) is 3.79. The van der Waals surface area contributed by atoms with E-state index in [1.54, 1.807) is 6.20 Å². The summed E-state index contributed by atoms with van der Waals surface area (Å²) in [5, 5.41) is 7.78.